The molecule has 0 radical (unpaired) electrons. The number of fused-ring (bicyclic) bond motifs is 2. The van der Waals surface area contributed by atoms with E-state index in [1.54, 1.807) is 0 Å². The van der Waals surface area contributed by atoms with Crippen molar-refractivity contribution < 1.29 is 5.11 Å². The quantitative estimate of drug-likeness (QED) is 0.818. The van der Waals surface area contributed by atoms with E-state index >= 15 is 0 Å². The summed E-state index contributed by atoms with van der Waals surface area (Å²) in [5.74, 6) is 1.14. The summed E-state index contributed by atoms with van der Waals surface area (Å²) in [7, 11) is 0. The summed E-state index contributed by atoms with van der Waals surface area (Å²) < 4.78 is 0. The van der Waals surface area contributed by atoms with Gasteiger partial charge in [0.15, 0.2) is 0 Å². The Bertz CT molecular complexity index is 666. The average Bonchev–Trinajstić information content (AvgIpc) is 2.91. The van der Waals surface area contributed by atoms with Crippen LogP contribution in [0.2, 0.25) is 0 Å². The number of hydrogen-bond donors (Lipinski definition) is 1. The van der Waals surface area contributed by atoms with E-state index in [0.717, 1.165) is 6.42 Å². The second-order valence-corrected chi connectivity index (χ2v) is 8.61. The molecule has 2 fully saturated rings. The summed E-state index contributed by atoms with van der Waals surface area (Å²) in [5.41, 5.74) is 2.89. The third-order valence-electron chi connectivity index (χ3n) is 7.56. The fourth-order valence-electron chi connectivity index (χ4n) is 5.78. The van der Waals surface area contributed by atoms with Gasteiger partial charge in [-0.15, -0.1) is 0 Å². The Morgan fingerprint density at radius 3 is 1.79 bits per heavy atom. The van der Waals surface area contributed by atoms with Crippen molar-refractivity contribution in [3.8, 4) is 0 Å². The summed E-state index contributed by atoms with van der Waals surface area (Å²) >= 11 is 0. The number of benzene rings is 2. The molecule has 0 unspecified atom stereocenters. The number of hydrogen-bond acceptors (Lipinski definition) is 1. The molecule has 1 N–H and O–H groups in total. The van der Waals surface area contributed by atoms with Crippen LogP contribution in [-0.4, -0.2) is 11.2 Å². The molecule has 1 nitrogen and oxygen atoms in total. The molecule has 0 saturated heterocycles. The molecule has 24 heavy (non-hydrogen) atoms. The molecule has 1 heteroatoms. The van der Waals surface area contributed by atoms with E-state index in [9.17, 15) is 5.11 Å². The minimum absolute atomic E-state index is 0.0319. The summed E-state index contributed by atoms with van der Waals surface area (Å²) in [6.07, 6.45) is 2.15. The molecule has 0 aliphatic heterocycles. The predicted octanol–water partition coefficient (Wildman–Crippen LogP) is 5.25. The first-order valence-corrected chi connectivity index (χ1v) is 9.25. The lowest BCUT2D eigenvalue weighted by Crippen LogP contribution is -2.39. The van der Waals surface area contributed by atoms with Crippen LogP contribution in [0.3, 0.4) is 0 Å². The Kier molecular flexibility index (Phi) is 3.61. The molecule has 2 aliphatic carbocycles. The van der Waals surface area contributed by atoms with E-state index < -0.39 is 0 Å². The van der Waals surface area contributed by atoms with Gasteiger partial charge in [-0.3, -0.25) is 0 Å². The van der Waals surface area contributed by atoms with Crippen molar-refractivity contribution in [2.45, 2.75) is 45.6 Å². The van der Waals surface area contributed by atoms with Crippen molar-refractivity contribution in [3.63, 3.8) is 0 Å². The highest BCUT2D eigenvalue weighted by molar-refractivity contribution is 5.36. The molecule has 0 heterocycles. The van der Waals surface area contributed by atoms with Crippen LogP contribution in [0, 0.1) is 22.7 Å². The molecule has 2 bridgehead atoms. The lowest BCUT2D eigenvalue weighted by Gasteiger charge is -2.39. The van der Waals surface area contributed by atoms with Crippen molar-refractivity contribution in [1.82, 2.24) is 0 Å². The smallest absolute Gasteiger partial charge is 0.0639 e. The van der Waals surface area contributed by atoms with Gasteiger partial charge in [0.1, 0.15) is 0 Å². The first kappa shape index (κ1) is 15.9. The minimum Gasteiger partial charge on any atom is -0.392 e. The van der Waals surface area contributed by atoms with Gasteiger partial charge in [0, 0.05) is 5.92 Å². The van der Waals surface area contributed by atoms with Gasteiger partial charge in [-0.2, -0.15) is 0 Å². The number of aliphatic hydroxyl groups is 1. The molecule has 4 rings (SSSR count). The highest BCUT2D eigenvalue weighted by Crippen LogP contribution is 2.70. The van der Waals surface area contributed by atoms with Gasteiger partial charge < -0.3 is 5.11 Å². The Morgan fingerprint density at radius 2 is 1.38 bits per heavy atom. The van der Waals surface area contributed by atoms with E-state index in [0.29, 0.717) is 11.8 Å². The topological polar surface area (TPSA) is 20.2 Å². The van der Waals surface area contributed by atoms with Gasteiger partial charge in [-0.1, -0.05) is 81.4 Å². The van der Waals surface area contributed by atoms with E-state index in [-0.39, 0.29) is 22.9 Å². The van der Waals surface area contributed by atoms with Crippen LogP contribution in [0.5, 0.6) is 0 Å². The lowest BCUT2D eigenvalue weighted by atomic mass is 9.69. The Morgan fingerprint density at radius 1 is 0.875 bits per heavy atom. The van der Waals surface area contributed by atoms with Gasteiger partial charge >= 0.3 is 0 Å². The Labute approximate surface area is 145 Å². The fraction of sp³-hybridized carbons (Fsp3) is 0.478. The molecule has 4 atom stereocenters. The largest absolute Gasteiger partial charge is 0.392 e. The van der Waals surface area contributed by atoms with Crippen LogP contribution >= 0.6 is 0 Å². The zero-order valence-electron chi connectivity index (χ0n) is 14.9. The molecule has 126 valence electrons. The number of rotatable bonds is 3. The van der Waals surface area contributed by atoms with Gasteiger partial charge in [-0.05, 0) is 46.6 Å². The second kappa shape index (κ2) is 5.46. The standard InChI is InChI=1S/C23H28O/c1-22(2)18-14-15-23(22,3)21(24)20(18)19(16-10-6-4-7-11-16)17-12-8-5-9-13-17/h4-13,18-21,24H,14-15H2,1-3H3/t18-,20+,21-,23+/m0/s1. The predicted molar refractivity (Wildman–Crippen MR) is 98.8 cm³/mol. The second-order valence-electron chi connectivity index (χ2n) is 8.61. The van der Waals surface area contributed by atoms with Crippen LogP contribution in [0.1, 0.15) is 50.7 Å². The molecular weight excluding hydrogens is 292 g/mol. The van der Waals surface area contributed by atoms with E-state index in [1.807, 2.05) is 0 Å². The summed E-state index contributed by atoms with van der Waals surface area (Å²) in [5, 5.41) is 11.4. The fourth-order valence-corrected chi connectivity index (χ4v) is 5.78. The first-order chi connectivity index (χ1) is 11.5. The van der Waals surface area contributed by atoms with Gasteiger partial charge in [0.25, 0.3) is 0 Å². The van der Waals surface area contributed by atoms with Crippen molar-refractivity contribution >= 4 is 0 Å². The van der Waals surface area contributed by atoms with Crippen LogP contribution in [0.25, 0.3) is 0 Å². The van der Waals surface area contributed by atoms with Crippen molar-refractivity contribution in [3.05, 3.63) is 71.8 Å². The van der Waals surface area contributed by atoms with E-state index in [2.05, 4.69) is 81.4 Å². The molecule has 2 aromatic carbocycles. The van der Waals surface area contributed by atoms with Crippen LogP contribution in [-0.2, 0) is 0 Å². The van der Waals surface area contributed by atoms with Crippen molar-refractivity contribution in [2.75, 3.05) is 0 Å². The highest BCUT2D eigenvalue weighted by Gasteiger charge is 2.67. The molecular formula is C23H28O. The van der Waals surface area contributed by atoms with Gasteiger partial charge in [-0.25, -0.2) is 0 Å². The molecule has 2 aromatic rings. The SMILES string of the molecule is CC1(C)[C@H]2CC[C@]1(C)[C@@H](O)[C@H]2C(c1ccccc1)c1ccccc1. The monoisotopic (exact) mass is 320 g/mol. The maximum absolute atomic E-state index is 11.4. The zero-order valence-corrected chi connectivity index (χ0v) is 14.9. The molecule has 0 amide bonds. The maximum atomic E-state index is 11.4. The summed E-state index contributed by atoms with van der Waals surface area (Å²) in [6, 6.07) is 21.6. The normalized spacial score (nSPS) is 34.0. The summed E-state index contributed by atoms with van der Waals surface area (Å²) in [4.78, 5) is 0. The summed E-state index contributed by atoms with van der Waals surface area (Å²) in [6.45, 7) is 7.06. The highest BCUT2D eigenvalue weighted by atomic mass is 16.3. The third kappa shape index (κ3) is 2.04. The zero-order chi connectivity index (χ0) is 16.9. The van der Waals surface area contributed by atoms with Crippen LogP contribution in [0.4, 0.5) is 0 Å². The first-order valence-electron chi connectivity index (χ1n) is 9.25. The van der Waals surface area contributed by atoms with E-state index in [1.165, 1.54) is 17.5 Å². The average molecular weight is 320 g/mol. The van der Waals surface area contributed by atoms with Crippen LogP contribution < -0.4 is 0 Å². The van der Waals surface area contributed by atoms with Crippen LogP contribution in [0.15, 0.2) is 60.7 Å². The minimum atomic E-state index is -0.239. The Balaban J connectivity index is 1.84. The molecule has 0 aromatic heterocycles. The third-order valence-corrected chi connectivity index (χ3v) is 7.56. The molecule has 0 spiro atoms. The lowest BCUT2D eigenvalue weighted by molar-refractivity contribution is -0.0139. The number of aliphatic hydroxyl groups excluding tert-OH is 1. The van der Waals surface area contributed by atoms with Gasteiger partial charge in [0.05, 0.1) is 6.10 Å². The van der Waals surface area contributed by atoms with Gasteiger partial charge in [0.2, 0.25) is 0 Å². The van der Waals surface area contributed by atoms with Crippen molar-refractivity contribution in [2.24, 2.45) is 22.7 Å². The molecule has 2 saturated carbocycles. The maximum Gasteiger partial charge on any atom is 0.0639 e. The van der Waals surface area contributed by atoms with Crippen molar-refractivity contribution in [1.29, 1.82) is 0 Å². The van der Waals surface area contributed by atoms with E-state index in [4.69, 9.17) is 0 Å². The molecule has 2 aliphatic rings. The Hall–Kier alpha value is -1.60.